The molecule has 0 amide bonds. The first kappa shape index (κ1) is 31.0. The number of aliphatic hydroxyl groups excluding tert-OH is 1. The molecule has 3 unspecified atom stereocenters. The van der Waals surface area contributed by atoms with Gasteiger partial charge in [-0.3, -0.25) is 5.32 Å². The molecule has 0 aliphatic carbocycles. The zero-order chi connectivity index (χ0) is 23.5. The molecule has 0 saturated carbocycles. The Labute approximate surface area is 204 Å². The highest BCUT2D eigenvalue weighted by molar-refractivity contribution is 14.1. The first-order valence-corrected chi connectivity index (χ1v) is 12.9. The smallest absolute Gasteiger partial charge is 0.129 e. The third kappa shape index (κ3) is 14.0. The first-order valence-electron chi connectivity index (χ1n) is 11.8. The summed E-state index contributed by atoms with van der Waals surface area (Å²) in [5.74, 6) is 0.784. The van der Waals surface area contributed by atoms with E-state index < -0.39 is 0 Å². The molecule has 186 valence electrons. The van der Waals surface area contributed by atoms with E-state index in [9.17, 15) is 5.11 Å². The van der Waals surface area contributed by atoms with Gasteiger partial charge in [-0.25, -0.2) is 0 Å². The van der Waals surface area contributed by atoms with Crippen molar-refractivity contribution < 1.29 is 9.84 Å². The number of rotatable bonds is 22. The van der Waals surface area contributed by atoms with Crippen molar-refractivity contribution in [2.75, 3.05) is 52.9 Å². The van der Waals surface area contributed by atoms with Crippen LogP contribution in [0.3, 0.4) is 0 Å². The molecule has 8 nitrogen and oxygen atoms in total. The van der Waals surface area contributed by atoms with Crippen molar-refractivity contribution in [1.82, 2.24) is 24.8 Å². The van der Waals surface area contributed by atoms with Crippen molar-refractivity contribution in [2.24, 2.45) is 17.6 Å². The molecule has 0 aliphatic rings. The molecule has 8 N–H and O–H groups in total. The van der Waals surface area contributed by atoms with E-state index in [4.69, 9.17) is 10.5 Å². The van der Waals surface area contributed by atoms with Crippen molar-refractivity contribution in [2.45, 2.75) is 64.8 Å². The molecule has 0 aliphatic heterocycles. The number of ether oxygens (including phenoxy) is 1. The van der Waals surface area contributed by atoms with E-state index >= 15 is 0 Å². The van der Waals surface area contributed by atoms with Crippen molar-refractivity contribution in [3.63, 3.8) is 0 Å². The number of likely N-dealkylation sites (N-methyl/N-ethyl adjacent to an activating group) is 2. The Balaban J connectivity index is 4.93. The van der Waals surface area contributed by atoms with Gasteiger partial charge in [0.1, 0.15) is 6.23 Å². The monoisotopic (exact) mass is 556 g/mol. The van der Waals surface area contributed by atoms with Crippen LogP contribution >= 0.6 is 22.9 Å². The lowest BCUT2D eigenvalue weighted by Crippen LogP contribution is -2.54. The molecule has 0 aromatic carbocycles. The maximum Gasteiger partial charge on any atom is 0.129 e. The second-order valence-corrected chi connectivity index (χ2v) is 8.62. The molecule has 9 heteroatoms. The number of hydrogen-bond donors (Lipinski definition) is 7. The maximum atomic E-state index is 9.35. The summed E-state index contributed by atoms with van der Waals surface area (Å²) in [6.45, 7) is 15.9. The largest absolute Gasteiger partial charge is 0.396 e. The average molecular weight is 557 g/mol. The summed E-state index contributed by atoms with van der Waals surface area (Å²) in [6.07, 6.45) is 3.77. The van der Waals surface area contributed by atoms with E-state index in [0.717, 1.165) is 44.8 Å². The Bertz CT molecular complexity index is 433. The Morgan fingerprint density at radius 2 is 1.81 bits per heavy atom. The normalized spacial score (nSPS) is 16.5. The Kier molecular flexibility index (Phi) is 20.6. The fourth-order valence-corrected chi connectivity index (χ4v) is 3.95. The van der Waals surface area contributed by atoms with Crippen LogP contribution in [0.15, 0.2) is 12.3 Å². The lowest BCUT2D eigenvalue weighted by atomic mass is 9.98. The predicted molar refractivity (Wildman–Crippen MR) is 140 cm³/mol. The van der Waals surface area contributed by atoms with Gasteiger partial charge >= 0.3 is 0 Å². The third-order valence-corrected chi connectivity index (χ3v) is 6.50. The number of nitrogens with two attached hydrogens (primary N) is 1. The van der Waals surface area contributed by atoms with Gasteiger partial charge in [-0.2, -0.15) is 0 Å². The molecule has 0 saturated heterocycles. The van der Waals surface area contributed by atoms with E-state index in [1.54, 1.807) is 0 Å². The summed E-state index contributed by atoms with van der Waals surface area (Å²) in [7, 11) is 1.98. The minimum Gasteiger partial charge on any atom is -0.396 e. The molecule has 31 heavy (non-hydrogen) atoms. The Hall–Kier alpha value is -0.0100. The van der Waals surface area contributed by atoms with Crippen molar-refractivity contribution in [1.29, 1.82) is 0 Å². The summed E-state index contributed by atoms with van der Waals surface area (Å²) in [6, 6.07) is -0.0693. The lowest BCUT2D eigenvalue weighted by Gasteiger charge is -2.34. The molecule has 0 radical (unpaired) electrons. The quantitative estimate of drug-likeness (QED) is 0.0463. The fraction of sp³-hybridized carbons (Fsp3) is 0.909. The predicted octanol–water partition coefficient (Wildman–Crippen LogP) is 1.31. The van der Waals surface area contributed by atoms with E-state index in [1.165, 1.54) is 12.8 Å². The van der Waals surface area contributed by atoms with Gasteiger partial charge in [0.15, 0.2) is 0 Å². The highest BCUT2D eigenvalue weighted by atomic mass is 127. The van der Waals surface area contributed by atoms with Crippen molar-refractivity contribution >= 4 is 22.9 Å². The van der Waals surface area contributed by atoms with Crippen LogP contribution in [0.1, 0.15) is 46.5 Å². The van der Waals surface area contributed by atoms with Crippen LogP contribution in [0.4, 0.5) is 0 Å². The molecule has 0 rings (SSSR count). The van der Waals surface area contributed by atoms with Crippen molar-refractivity contribution in [3.05, 3.63) is 12.3 Å². The van der Waals surface area contributed by atoms with Crippen LogP contribution in [-0.4, -0.2) is 76.4 Å². The van der Waals surface area contributed by atoms with Crippen LogP contribution in [-0.2, 0) is 4.74 Å². The highest BCUT2D eigenvalue weighted by Crippen LogP contribution is 2.17. The second kappa shape index (κ2) is 20.6. The van der Waals surface area contributed by atoms with Crippen LogP contribution in [0.5, 0.6) is 0 Å². The van der Waals surface area contributed by atoms with Crippen LogP contribution in [0.25, 0.3) is 0 Å². The second-order valence-electron chi connectivity index (χ2n) is 8.08. The van der Waals surface area contributed by atoms with Gasteiger partial charge in [0.25, 0.3) is 0 Å². The van der Waals surface area contributed by atoms with Crippen LogP contribution < -0.4 is 30.5 Å². The maximum absolute atomic E-state index is 9.35. The standard InChI is InChI=1S/C22H49IN6O2/c1-6-19(8-11-26-14-13-25-5)9-12-28-22(21(27-7-2)17(3)29-23)31-18(4)20(16-24)10-15-30/h18-22,25-30H,3,6-16,24H2,1-2,4-5H3/t18-,19?,20?,21?,22-/m0/s1. The molecule has 5 atom stereocenters. The van der Waals surface area contributed by atoms with Gasteiger partial charge in [-0.15, -0.1) is 0 Å². The molecule has 0 heterocycles. The molecule has 0 spiro atoms. The zero-order valence-electron chi connectivity index (χ0n) is 20.2. The van der Waals surface area contributed by atoms with E-state index in [-0.39, 0.29) is 30.9 Å². The number of aliphatic hydroxyl groups is 1. The molecule has 0 aromatic heterocycles. The topological polar surface area (TPSA) is 116 Å². The third-order valence-electron chi connectivity index (χ3n) is 5.81. The summed E-state index contributed by atoms with van der Waals surface area (Å²) >= 11 is 2.11. The van der Waals surface area contributed by atoms with Gasteiger partial charge in [0.05, 0.1) is 35.0 Å². The van der Waals surface area contributed by atoms with Gasteiger partial charge in [0, 0.05) is 25.4 Å². The highest BCUT2D eigenvalue weighted by Gasteiger charge is 2.28. The van der Waals surface area contributed by atoms with Gasteiger partial charge in [0.2, 0.25) is 0 Å². The van der Waals surface area contributed by atoms with E-state index in [1.807, 2.05) is 14.0 Å². The summed E-state index contributed by atoms with van der Waals surface area (Å²) in [5, 5.41) is 23.1. The number of nitrogens with one attached hydrogen (secondary N) is 5. The Morgan fingerprint density at radius 3 is 2.35 bits per heavy atom. The Morgan fingerprint density at radius 1 is 1.10 bits per heavy atom. The van der Waals surface area contributed by atoms with Gasteiger partial charge in [-0.05, 0) is 71.2 Å². The van der Waals surface area contributed by atoms with Crippen LogP contribution in [0.2, 0.25) is 0 Å². The zero-order valence-corrected chi connectivity index (χ0v) is 22.3. The molecule has 0 fully saturated rings. The summed E-state index contributed by atoms with van der Waals surface area (Å²) < 4.78 is 9.59. The summed E-state index contributed by atoms with van der Waals surface area (Å²) in [4.78, 5) is 0. The number of hydrogen-bond acceptors (Lipinski definition) is 8. The van der Waals surface area contributed by atoms with E-state index in [0.29, 0.717) is 18.9 Å². The van der Waals surface area contributed by atoms with Crippen LogP contribution in [0, 0.1) is 11.8 Å². The minimum absolute atomic E-state index is 0.0693. The van der Waals surface area contributed by atoms with Gasteiger partial charge < -0.3 is 35.1 Å². The SMILES string of the molecule is C=C(NI)C(NCC)[C@@H](NCCC(CC)CCNCCNC)O[C@@H](C)C(CN)CCO. The molecular formula is C22H49IN6O2. The molecular weight excluding hydrogens is 507 g/mol. The fourth-order valence-electron chi connectivity index (χ4n) is 3.62. The van der Waals surface area contributed by atoms with Crippen molar-refractivity contribution in [3.8, 4) is 0 Å². The van der Waals surface area contributed by atoms with E-state index in [2.05, 4.69) is 68.1 Å². The van der Waals surface area contributed by atoms with Gasteiger partial charge in [-0.1, -0.05) is 26.8 Å². The number of halogens is 1. The first-order chi connectivity index (χ1) is 15.0. The molecule has 0 bridgehead atoms. The summed E-state index contributed by atoms with van der Waals surface area (Å²) in [5.41, 5.74) is 6.80. The average Bonchev–Trinajstić information content (AvgIpc) is 2.78. The lowest BCUT2D eigenvalue weighted by molar-refractivity contribution is -0.0623. The molecule has 0 aromatic rings. The minimum atomic E-state index is -0.233.